The lowest BCUT2D eigenvalue weighted by Crippen LogP contribution is -2.29. The molecule has 0 saturated carbocycles. The van der Waals surface area contributed by atoms with Crippen LogP contribution in [0, 0.1) is 0 Å². The second kappa shape index (κ2) is 32.1. The van der Waals surface area contributed by atoms with Crippen LogP contribution in [0.15, 0.2) is 72.9 Å². The Kier molecular flexibility index (Phi) is 29.3. The van der Waals surface area contributed by atoms with Crippen LogP contribution in [0.5, 0.6) is 0 Å². The van der Waals surface area contributed by atoms with Crippen LogP contribution >= 0.6 is 7.82 Å². The molecule has 0 aromatic heterocycles. The van der Waals surface area contributed by atoms with Gasteiger partial charge in [0, 0.05) is 12.8 Å². The summed E-state index contributed by atoms with van der Waals surface area (Å²) < 4.78 is 32.0. The van der Waals surface area contributed by atoms with Gasteiger partial charge >= 0.3 is 19.8 Å². The Morgan fingerprint density at radius 1 is 0.647 bits per heavy atom. The van der Waals surface area contributed by atoms with E-state index in [-0.39, 0.29) is 31.7 Å². The number of carbonyl (C=O) groups is 2. The van der Waals surface area contributed by atoms with Crippen molar-refractivity contribution in [3.63, 3.8) is 0 Å². The molecule has 0 aromatic rings. The minimum atomic E-state index is -4.78. The van der Waals surface area contributed by atoms with Gasteiger partial charge in [0.15, 0.2) is 6.10 Å². The topological polar surface area (TPSA) is 132 Å². The third-order valence-electron chi connectivity index (χ3n) is 8.13. The van der Waals surface area contributed by atoms with E-state index in [0.29, 0.717) is 19.3 Å². The molecule has 0 aliphatic carbocycles. The highest BCUT2D eigenvalue weighted by Gasteiger charge is 2.36. The number of ether oxygens (including phenoxy) is 3. The largest absolute Gasteiger partial charge is 0.469 e. The second-order valence-electron chi connectivity index (χ2n) is 12.9. The predicted octanol–water partition coefficient (Wildman–Crippen LogP) is 10.5. The van der Waals surface area contributed by atoms with Gasteiger partial charge in [0.05, 0.1) is 18.8 Å². The zero-order chi connectivity index (χ0) is 37.3. The number of allylic oxidation sites excluding steroid dienone is 11. The molecular formula is C41H67O9P. The molecule has 9 nitrogen and oxygen atoms in total. The third kappa shape index (κ3) is 31.9. The van der Waals surface area contributed by atoms with E-state index in [4.69, 9.17) is 24.0 Å². The Hall–Kier alpha value is -2.55. The lowest BCUT2D eigenvalue weighted by molar-refractivity contribution is -0.161. The maximum atomic E-state index is 12.4. The van der Waals surface area contributed by atoms with Gasteiger partial charge in [-0.25, -0.2) is 4.57 Å². The normalized spacial score (nSPS) is 17.3. The summed E-state index contributed by atoms with van der Waals surface area (Å²) in [7, 11) is -4.78. The molecule has 1 rings (SSSR count). The molecule has 2 unspecified atom stereocenters. The molecule has 0 aromatic carbocycles. The molecule has 1 aliphatic heterocycles. The molecule has 0 spiro atoms. The van der Waals surface area contributed by atoms with Crippen LogP contribution in [-0.4, -0.2) is 53.3 Å². The summed E-state index contributed by atoms with van der Waals surface area (Å²) in [5, 5.41) is 0. The smallest absolute Gasteiger partial charge is 0.462 e. The van der Waals surface area contributed by atoms with Crippen molar-refractivity contribution in [2.24, 2.45) is 0 Å². The first-order chi connectivity index (χ1) is 24.7. The first kappa shape index (κ1) is 46.5. The van der Waals surface area contributed by atoms with E-state index in [1.807, 2.05) is 0 Å². The number of carbonyl (C=O) groups excluding carboxylic acids is 2. The van der Waals surface area contributed by atoms with Crippen molar-refractivity contribution in [1.29, 1.82) is 0 Å². The summed E-state index contributed by atoms with van der Waals surface area (Å²) in [5.41, 5.74) is 0. The minimum Gasteiger partial charge on any atom is -0.462 e. The summed E-state index contributed by atoms with van der Waals surface area (Å²) in [6.07, 6.45) is 43.5. The fourth-order valence-corrected chi connectivity index (χ4v) is 5.54. The second-order valence-corrected chi connectivity index (χ2v) is 14.1. The summed E-state index contributed by atoms with van der Waals surface area (Å²) in [5.74, 6) is -0.989. The minimum absolute atomic E-state index is 0.109. The fourth-order valence-electron chi connectivity index (χ4n) is 5.18. The molecule has 51 heavy (non-hydrogen) atoms. The van der Waals surface area contributed by atoms with Gasteiger partial charge in [-0.2, -0.15) is 0 Å². The molecule has 290 valence electrons. The molecule has 1 aliphatic rings. The van der Waals surface area contributed by atoms with Crippen LogP contribution < -0.4 is 0 Å². The van der Waals surface area contributed by atoms with Gasteiger partial charge in [0.2, 0.25) is 0 Å². The van der Waals surface area contributed by atoms with Crippen LogP contribution in [0.3, 0.4) is 0 Å². The number of hydrogen-bond donors (Lipinski definition) is 2. The van der Waals surface area contributed by atoms with Crippen LogP contribution in [0.4, 0.5) is 0 Å². The number of esters is 2. The maximum Gasteiger partial charge on any atom is 0.469 e. The molecule has 10 heteroatoms. The number of rotatable bonds is 33. The van der Waals surface area contributed by atoms with E-state index in [9.17, 15) is 14.2 Å². The van der Waals surface area contributed by atoms with E-state index >= 15 is 0 Å². The van der Waals surface area contributed by atoms with Gasteiger partial charge in [-0.3, -0.25) is 14.1 Å². The highest BCUT2D eigenvalue weighted by atomic mass is 31.2. The third-order valence-corrected chi connectivity index (χ3v) is 8.62. The van der Waals surface area contributed by atoms with Gasteiger partial charge in [-0.15, -0.1) is 0 Å². The van der Waals surface area contributed by atoms with Gasteiger partial charge in [0.1, 0.15) is 6.61 Å². The zero-order valence-electron chi connectivity index (χ0n) is 31.4. The summed E-state index contributed by atoms with van der Waals surface area (Å²) in [4.78, 5) is 42.9. The number of hydrogen-bond acceptors (Lipinski definition) is 7. The Balaban J connectivity index is 2.17. The molecule has 0 bridgehead atoms. The van der Waals surface area contributed by atoms with Gasteiger partial charge in [-0.1, -0.05) is 119 Å². The Morgan fingerprint density at radius 3 is 1.82 bits per heavy atom. The summed E-state index contributed by atoms with van der Waals surface area (Å²) in [6.45, 7) is 3.45. The lowest BCUT2D eigenvalue weighted by Gasteiger charge is -2.18. The Morgan fingerprint density at radius 2 is 1.20 bits per heavy atom. The first-order valence-electron chi connectivity index (χ1n) is 19.4. The van der Waals surface area contributed by atoms with E-state index in [2.05, 4.69) is 91.3 Å². The highest BCUT2D eigenvalue weighted by Crippen LogP contribution is 2.36. The van der Waals surface area contributed by atoms with Crippen molar-refractivity contribution >= 4 is 19.8 Å². The number of phosphoric acid groups is 1. The standard InChI is InChI=1S/C41H67O9P/c1-3-5-7-9-11-13-15-17-18-19-21-23-25-27-29-33-40(42)47-35-37(36-48-51(44,45)46)49-41(43)34-30-32-39-38(50-39)31-28-26-24-22-20-16-14-12-10-8-6-4-2/h5,7,11-14,17-18,20,22,26,28,37-39H,3-4,6,8-10,15-16,19,21,23-25,27,29-36H2,1-2H3,(H2,44,45,46)/b7-5-,13-11-,14-12-,18-17-,22-20-,28-26-/t37-,38?,39?/m1/s1. The molecule has 3 atom stereocenters. The number of unbranched alkanes of at least 4 members (excludes halogenated alkanes) is 8. The average molecular weight is 735 g/mol. The monoisotopic (exact) mass is 734 g/mol. The average Bonchev–Trinajstić information content (AvgIpc) is 3.85. The van der Waals surface area contributed by atoms with E-state index < -0.39 is 32.5 Å². The molecule has 0 radical (unpaired) electrons. The van der Waals surface area contributed by atoms with E-state index in [1.54, 1.807) is 0 Å². The van der Waals surface area contributed by atoms with Gasteiger partial charge in [0.25, 0.3) is 0 Å². The van der Waals surface area contributed by atoms with Crippen LogP contribution in [0.25, 0.3) is 0 Å². The van der Waals surface area contributed by atoms with Crippen molar-refractivity contribution in [3.8, 4) is 0 Å². The van der Waals surface area contributed by atoms with Crippen molar-refractivity contribution in [2.45, 2.75) is 161 Å². The van der Waals surface area contributed by atoms with Crippen LogP contribution in [0.2, 0.25) is 0 Å². The molecule has 1 heterocycles. The van der Waals surface area contributed by atoms with Crippen molar-refractivity contribution in [3.05, 3.63) is 72.9 Å². The predicted molar refractivity (Wildman–Crippen MR) is 206 cm³/mol. The summed E-state index contributed by atoms with van der Waals surface area (Å²) >= 11 is 0. The van der Waals surface area contributed by atoms with Gasteiger partial charge < -0.3 is 24.0 Å². The molecule has 1 fully saturated rings. The van der Waals surface area contributed by atoms with Crippen molar-refractivity contribution in [1.82, 2.24) is 0 Å². The quantitative estimate of drug-likeness (QED) is 0.0222. The molecule has 1 saturated heterocycles. The molecular weight excluding hydrogens is 667 g/mol. The van der Waals surface area contributed by atoms with Crippen LogP contribution in [0.1, 0.15) is 142 Å². The lowest BCUT2D eigenvalue weighted by atomic mass is 10.1. The fraction of sp³-hybridized carbons (Fsp3) is 0.659. The number of epoxide rings is 1. The summed E-state index contributed by atoms with van der Waals surface area (Å²) in [6, 6.07) is 0. The van der Waals surface area contributed by atoms with E-state index in [0.717, 1.165) is 77.0 Å². The molecule has 0 amide bonds. The maximum absolute atomic E-state index is 12.4. The zero-order valence-corrected chi connectivity index (χ0v) is 32.3. The van der Waals surface area contributed by atoms with Crippen LogP contribution in [-0.2, 0) is 32.9 Å². The SMILES string of the molecule is CC/C=C\C/C=C\C/C=C\CCCCCCCC(=O)OC[C@H](COP(=O)(O)O)OC(=O)CCCC1OC1C/C=C\C/C=C\C/C=C\CCCCC. The van der Waals surface area contributed by atoms with E-state index in [1.165, 1.54) is 19.3 Å². The van der Waals surface area contributed by atoms with Crippen molar-refractivity contribution < 1.29 is 42.7 Å². The highest BCUT2D eigenvalue weighted by molar-refractivity contribution is 7.46. The first-order valence-corrected chi connectivity index (χ1v) is 20.9. The Bertz CT molecular complexity index is 1120. The molecule has 2 N–H and O–H groups in total. The van der Waals surface area contributed by atoms with Crippen molar-refractivity contribution in [2.75, 3.05) is 13.2 Å². The number of phosphoric ester groups is 1. The Labute approximate surface area is 308 Å². The van der Waals surface area contributed by atoms with Gasteiger partial charge in [-0.05, 0) is 83.5 Å².